The van der Waals surface area contributed by atoms with Crippen molar-refractivity contribution in [2.24, 2.45) is 17.6 Å². The third-order valence-corrected chi connectivity index (χ3v) is 3.04. The highest BCUT2D eigenvalue weighted by atomic mass is 16.5. The van der Waals surface area contributed by atoms with Gasteiger partial charge in [-0.1, -0.05) is 19.8 Å². The Bertz CT molecular complexity index is 174. The van der Waals surface area contributed by atoms with Gasteiger partial charge in [0, 0.05) is 0 Å². The van der Waals surface area contributed by atoms with E-state index >= 15 is 0 Å². The number of esters is 1. The van der Waals surface area contributed by atoms with Gasteiger partial charge in [0.15, 0.2) is 0 Å². The van der Waals surface area contributed by atoms with E-state index in [1.807, 2.05) is 0 Å². The summed E-state index contributed by atoms with van der Waals surface area (Å²) in [5.41, 5.74) is 5.77. The third-order valence-electron chi connectivity index (χ3n) is 3.04. The molecule has 1 aliphatic rings. The lowest BCUT2D eigenvalue weighted by atomic mass is 9.79. The number of nitrogens with two attached hydrogens (primary N) is 1. The van der Waals surface area contributed by atoms with Crippen LogP contribution in [-0.4, -0.2) is 19.1 Å². The zero-order valence-electron chi connectivity index (χ0n) is 8.45. The van der Waals surface area contributed by atoms with Crippen molar-refractivity contribution in [1.82, 2.24) is 0 Å². The van der Waals surface area contributed by atoms with E-state index in [2.05, 4.69) is 11.7 Å². The molecule has 1 atom stereocenters. The molecule has 76 valence electrons. The summed E-state index contributed by atoms with van der Waals surface area (Å²) < 4.78 is 4.63. The second-order valence-electron chi connectivity index (χ2n) is 4.07. The zero-order chi connectivity index (χ0) is 9.84. The van der Waals surface area contributed by atoms with E-state index in [1.165, 1.54) is 20.0 Å². The van der Waals surface area contributed by atoms with E-state index in [0.29, 0.717) is 5.92 Å². The number of hydrogen-bond acceptors (Lipinski definition) is 3. The maximum absolute atomic E-state index is 11.1. The van der Waals surface area contributed by atoms with Crippen molar-refractivity contribution in [3.05, 3.63) is 0 Å². The van der Waals surface area contributed by atoms with Crippen LogP contribution in [0.2, 0.25) is 0 Å². The smallest absolute Gasteiger partial charge is 0.322 e. The molecular weight excluding hydrogens is 166 g/mol. The Kier molecular flexibility index (Phi) is 3.72. The molecule has 0 saturated heterocycles. The molecule has 0 spiro atoms. The summed E-state index contributed by atoms with van der Waals surface area (Å²) in [7, 11) is 1.40. The lowest BCUT2D eigenvalue weighted by molar-refractivity contribution is -0.143. The molecule has 0 aromatic carbocycles. The van der Waals surface area contributed by atoms with E-state index in [4.69, 9.17) is 5.73 Å². The maximum Gasteiger partial charge on any atom is 0.322 e. The largest absolute Gasteiger partial charge is 0.468 e. The molecule has 0 radical (unpaired) electrons. The van der Waals surface area contributed by atoms with Crippen molar-refractivity contribution in [1.29, 1.82) is 0 Å². The van der Waals surface area contributed by atoms with Crippen molar-refractivity contribution < 1.29 is 9.53 Å². The van der Waals surface area contributed by atoms with Crippen molar-refractivity contribution in [2.75, 3.05) is 7.11 Å². The molecule has 1 saturated carbocycles. The van der Waals surface area contributed by atoms with Crippen LogP contribution >= 0.6 is 0 Å². The molecular formula is C10H19NO2. The predicted octanol–water partition coefficient (Wildman–Crippen LogP) is 1.31. The van der Waals surface area contributed by atoms with Crippen LogP contribution in [0.3, 0.4) is 0 Å². The summed E-state index contributed by atoms with van der Waals surface area (Å²) in [4.78, 5) is 11.1. The van der Waals surface area contributed by atoms with Gasteiger partial charge in [0.1, 0.15) is 6.04 Å². The minimum Gasteiger partial charge on any atom is -0.468 e. The molecule has 0 aromatic rings. The van der Waals surface area contributed by atoms with Crippen LogP contribution in [0.1, 0.15) is 32.6 Å². The first-order chi connectivity index (χ1) is 6.15. The first-order valence-electron chi connectivity index (χ1n) is 4.98. The van der Waals surface area contributed by atoms with Gasteiger partial charge in [-0.15, -0.1) is 0 Å². The monoisotopic (exact) mass is 185 g/mol. The molecule has 0 aliphatic heterocycles. The molecule has 3 nitrogen and oxygen atoms in total. The Labute approximate surface area is 79.6 Å². The maximum atomic E-state index is 11.1. The number of carbonyl (C=O) groups is 1. The Morgan fingerprint density at radius 1 is 1.38 bits per heavy atom. The van der Waals surface area contributed by atoms with Gasteiger partial charge in [0.25, 0.3) is 0 Å². The topological polar surface area (TPSA) is 52.3 Å². The van der Waals surface area contributed by atoms with E-state index < -0.39 is 6.04 Å². The standard InChI is InChI=1S/C10H19NO2/c1-7-3-5-8(6-4-7)9(11)10(12)13-2/h7-9H,3-6,11H2,1-2H3/t7?,8?,9-/m0/s1. The van der Waals surface area contributed by atoms with E-state index in [0.717, 1.165) is 18.8 Å². The lowest BCUT2D eigenvalue weighted by Gasteiger charge is -2.28. The van der Waals surface area contributed by atoms with Gasteiger partial charge in [-0.25, -0.2) is 0 Å². The first-order valence-corrected chi connectivity index (χ1v) is 4.98. The Hall–Kier alpha value is -0.570. The third kappa shape index (κ3) is 2.69. The van der Waals surface area contributed by atoms with Gasteiger partial charge in [0.05, 0.1) is 7.11 Å². The number of rotatable bonds is 2. The lowest BCUT2D eigenvalue weighted by Crippen LogP contribution is -2.40. The molecule has 3 heteroatoms. The molecule has 0 aromatic heterocycles. The number of carbonyl (C=O) groups excluding carboxylic acids is 1. The minimum atomic E-state index is -0.405. The average Bonchev–Trinajstić information content (AvgIpc) is 2.17. The first kappa shape index (κ1) is 10.5. The normalized spacial score (nSPS) is 31.0. The second-order valence-corrected chi connectivity index (χ2v) is 4.07. The molecule has 0 unspecified atom stereocenters. The van der Waals surface area contributed by atoms with Crippen molar-refractivity contribution in [2.45, 2.75) is 38.6 Å². The molecule has 0 amide bonds. The summed E-state index contributed by atoms with van der Waals surface area (Å²) in [6, 6.07) is -0.405. The highest BCUT2D eigenvalue weighted by Gasteiger charge is 2.28. The average molecular weight is 185 g/mol. The molecule has 1 rings (SSSR count). The summed E-state index contributed by atoms with van der Waals surface area (Å²) >= 11 is 0. The van der Waals surface area contributed by atoms with Crippen LogP contribution in [0, 0.1) is 11.8 Å². The molecule has 0 heterocycles. The van der Waals surface area contributed by atoms with E-state index in [1.54, 1.807) is 0 Å². The summed E-state index contributed by atoms with van der Waals surface area (Å²) in [6.45, 7) is 2.25. The van der Waals surface area contributed by atoms with Crippen LogP contribution in [0.4, 0.5) is 0 Å². The van der Waals surface area contributed by atoms with Crippen LogP contribution in [0.5, 0.6) is 0 Å². The Balaban J connectivity index is 2.39. The van der Waals surface area contributed by atoms with Gasteiger partial charge in [0.2, 0.25) is 0 Å². The van der Waals surface area contributed by atoms with Gasteiger partial charge < -0.3 is 10.5 Å². The SMILES string of the molecule is COC(=O)[C@@H](N)C1CCC(C)CC1. The molecule has 2 N–H and O–H groups in total. The van der Waals surface area contributed by atoms with Crippen LogP contribution in [-0.2, 0) is 9.53 Å². The number of ether oxygens (including phenoxy) is 1. The van der Waals surface area contributed by atoms with Gasteiger partial charge in [-0.05, 0) is 24.7 Å². The van der Waals surface area contributed by atoms with Crippen LogP contribution in [0.25, 0.3) is 0 Å². The van der Waals surface area contributed by atoms with Crippen LogP contribution < -0.4 is 5.73 Å². The Morgan fingerprint density at radius 3 is 2.38 bits per heavy atom. The van der Waals surface area contributed by atoms with Crippen molar-refractivity contribution in [3.63, 3.8) is 0 Å². The highest BCUT2D eigenvalue weighted by molar-refractivity contribution is 5.75. The van der Waals surface area contributed by atoms with Gasteiger partial charge in [-0.3, -0.25) is 4.79 Å². The summed E-state index contributed by atoms with van der Waals surface area (Å²) in [6.07, 6.45) is 4.51. The fourth-order valence-electron chi connectivity index (χ4n) is 1.97. The van der Waals surface area contributed by atoms with Crippen molar-refractivity contribution >= 4 is 5.97 Å². The number of hydrogen-bond donors (Lipinski definition) is 1. The van der Waals surface area contributed by atoms with E-state index in [9.17, 15) is 4.79 Å². The molecule has 1 aliphatic carbocycles. The zero-order valence-corrected chi connectivity index (χ0v) is 8.45. The highest BCUT2D eigenvalue weighted by Crippen LogP contribution is 2.29. The summed E-state index contributed by atoms with van der Waals surface area (Å²) in [5, 5.41) is 0. The fourth-order valence-corrected chi connectivity index (χ4v) is 1.97. The summed E-state index contributed by atoms with van der Waals surface area (Å²) in [5.74, 6) is 0.865. The van der Waals surface area contributed by atoms with Crippen molar-refractivity contribution in [3.8, 4) is 0 Å². The minimum absolute atomic E-state index is 0.264. The molecule has 1 fully saturated rings. The number of methoxy groups -OCH3 is 1. The van der Waals surface area contributed by atoms with E-state index in [-0.39, 0.29) is 5.97 Å². The predicted molar refractivity (Wildman–Crippen MR) is 51.1 cm³/mol. The molecule has 0 bridgehead atoms. The molecule has 13 heavy (non-hydrogen) atoms. The van der Waals surface area contributed by atoms with Gasteiger partial charge >= 0.3 is 5.97 Å². The van der Waals surface area contributed by atoms with Crippen LogP contribution in [0.15, 0.2) is 0 Å². The second kappa shape index (κ2) is 4.61. The quantitative estimate of drug-likeness (QED) is 0.660. The Morgan fingerprint density at radius 2 is 1.92 bits per heavy atom. The van der Waals surface area contributed by atoms with Gasteiger partial charge in [-0.2, -0.15) is 0 Å². The fraction of sp³-hybridized carbons (Fsp3) is 0.900.